The normalized spacial score (nSPS) is 14.6. The van der Waals surface area contributed by atoms with Gasteiger partial charge in [-0.15, -0.1) is 0 Å². The minimum atomic E-state index is -3.00. The average molecular weight is 258 g/mol. The van der Waals surface area contributed by atoms with E-state index in [9.17, 15) is 8.42 Å². The van der Waals surface area contributed by atoms with Crippen LogP contribution in [0.4, 0.5) is 0 Å². The Balaban J connectivity index is 3.68. The smallest absolute Gasteiger partial charge is 0.211 e. The van der Waals surface area contributed by atoms with Crippen LogP contribution in [0.1, 0.15) is 20.3 Å². The van der Waals surface area contributed by atoms with Gasteiger partial charge in [-0.25, -0.2) is 13.1 Å². The van der Waals surface area contributed by atoms with Crippen molar-refractivity contribution in [1.82, 2.24) is 4.72 Å². The molecule has 0 saturated carbocycles. The lowest BCUT2D eigenvalue weighted by molar-refractivity contribution is 0.532. The van der Waals surface area contributed by atoms with Gasteiger partial charge in [0.2, 0.25) is 10.0 Å². The summed E-state index contributed by atoms with van der Waals surface area (Å²) in [7, 11) is -3.00. The van der Waals surface area contributed by atoms with Crippen molar-refractivity contribution in [2.45, 2.75) is 20.3 Å². The van der Waals surface area contributed by atoms with Crippen molar-refractivity contribution in [3.8, 4) is 0 Å². The molecular formula is C7H16BrNO2S. The van der Waals surface area contributed by atoms with E-state index < -0.39 is 10.0 Å². The van der Waals surface area contributed by atoms with E-state index in [0.717, 1.165) is 11.8 Å². The highest BCUT2D eigenvalue weighted by Gasteiger charge is 2.08. The van der Waals surface area contributed by atoms with Crippen molar-refractivity contribution < 1.29 is 8.42 Å². The van der Waals surface area contributed by atoms with Crippen LogP contribution in [-0.4, -0.2) is 26.0 Å². The molecule has 0 fully saturated rings. The molecule has 1 unspecified atom stereocenters. The van der Waals surface area contributed by atoms with Gasteiger partial charge in [0.15, 0.2) is 0 Å². The van der Waals surface area contributed by atoms with Crippen LogP contribution in [0.25, 0.3) is 0 Å². The van der Waals surface area contributed by atoms with Crippen molar-refractivity contribution in [2.24, 2.45) is 5.92 Å². The van der Waals surface area contributed by atoms with Crippen LogP contribution in [0.3, 0.4) is 0 Å². The van der Waals surface area contributed by atoms with E-state index >= 15 is 0 Å². The number of halogens is 1. The maximum absolute atomic E-state index is 11.0. The van der Waals surface area contributed by atoms with E-state index in [1.54, 1.807) is 6.92 Å². The summed E-state index contributed by atoms with van der Waals surface area (Å²) in [4.78, 5) is 0. The van der Waals surface area contributed by atoms with Gasteiger partial charge in [0, 0.05) is 11.9 Å². The van der Waals surface area contributed by atoms with Gasteiger partial charge in [-0.3, -0.25) is 0 Å². The van der Waals surface area contributed by atoms with Crippen LogP contribution in [0.5, 0.6) is 0 Å². The quantitative estimate of drug-likeness (QED) is 0.731. The molecule has 0 heterocycles. The van der Waals surface area contributed by atoms with E-state index in [1.165, 1.54) is 0 Å². The van der Waals surface area contributed by atoms with Gasteiger partial charge in [-0.1, -0.05) is 22.9 Å². The van der Waals surface area contributed by atoms with Crippen molar-refractivity contribution in [3.63, 3.8) is 0 Å². The van der Waals surface area contributed by atoms with Crippen molar-refractivity contribution in [3.05, 3.63) is 0 Å². The third kappa shape index (κ3) is 5.97. The lowest BCUT2D eigenvalue weighted by atomic mass is 10.1. The molecular weight excluding hydrogens is 242 g/mol. The van der Waals surface area contributed by atoms with E-state index in [0.29, 0.717) is 12.5 Å². The molecule has 1 N–H and O–H groups in total. The Labute approximate surface area is 83.1 Å². The van der Waals surface area contributed by atoms with Crippen LogP contribution < -0.4 is 4.72 Å². The van der Waals surface area contributed by atoms with Crippen LogP contribution in [-0.2, 0) is 10.0 Å². The first kappa shape index (κ1) is 12.4. The number of hydrogen-bond acceptors (Lipinski definition) is 2. The summed E-state index contributed by atoms with van der Waals surface area (Å²) in [6.45, 7) is 4.21. The molecule has 5 heteroatoms. The highest BCUT2D eigenvalue weighted by Crippen LogP contribution is 2.02. The van der Waals surface area contributed by atoms with Gasteiger partial charge in [-0.2, -0.15) is 0 Å². The summed E-state index contributed by atoms with van der Waals surface area (Å²) in [6, 6.07) is 0. The van der Waals surface area contributed by atoms with E-state index in [-0.39, 0.29) is 5.75 Å². The highest BCUT2D eigenvalue weighted by atomic mass is 79.9. The molecule has 74 valence electrons. The Bertz CT molecular complexity index is 203. The molecule has 0 aromatic heterocycles. The molecule has 0 aliphatic rings. The predicted octanol–water partition coefficient (Wildman–Crippen LogP) is 1.35. The Morgan fingerprint density at radius 1 is 1.50 bits per heavy atom. The lowest BCUT2D eigenvalue weighted by Crippen LogP contribution is -2.29. The van der Waals surface area contributed by atoms with Gasteiger partial charge in [0.25, 0.3) is 0 Å². The maximum atomic E-state index is 11.0. The van der Waals surface area contributed by atoms with E-state index in [1.807, 2.05) is 6.92 Å². The van der Waals surface area contributed by atoms with Crippen molar-refractivity contribution in [1.29, 1.82) is 0 Å². The van der Waals surface area contributed by atoms with E-state index in [2.05, 4.69) is 20.7 Å². The molecule has 1 atom stereocenters. The fourth-order valence-corrected chi connectivity index (χ4v) is 2.18. The Kier molecular flexibility index (Phi) is 6.13. The minimum Gasteiger partial charge on any atom is -0.215 e. The van der Waals surface area contributed by atoms with Crippen molar-refractivity contribution >= 4 is 26.0 Å². The van der Waals surface area contributed by atoms with Crippen molar-refractivity contribution in [2.75, 3.05) is 17.6 Å². The Hall–Kier alpha value is 0.390. The summed E-state index contributed by atoms with van der Waals surface area (Å²) >= 11 is 3.31. The second kappa shape index (κ2) is 5.94. The second-order valence-electron chi connectivity index (χ2n) is 2.83. The highest BCUT2D eigenvalue weighted by molar-refractivity contribution is 9.09. The molecule has 0 saturated heterocycles. The zero-order chi connectivity index (χ0) is 9.61. The number of nitrogens with one attached hydrogen (secondary N) is 1. The van der Waals surface area contributed by atoms with Gasteiger partial charge >= 0.3 is 0 Å². The molecule has 12 heavy (non-hydrogen) atoms. The fourth-order valence-electron chi connectivity index (χ4n) is 0.660. The number of sulfonamides is 1. The zero-order valence-corrected chi connectivity index (χ0v) is 9.91. The van der Waals surface area contributed by atoms with Gasteiger partial charge < -0.3 is 0 Å². The van der Waals surface area contributed by atoms with E-state index in [4.69, 9.17) is 0 Å². The first-order valence-electron chi connectivity index (χ1n) is 4.05. The monoisotopic (exact) mass is 257 g/mol. The lowest BCUT2D eigenvalue weighted by Gasteiger charge is -2.10. The van der Waals surface area contributed by atoms with Crippen LogP contribution in [0, 0.1) is 5.92 Å². The molecule has 0 bridgehead atoms. The summed E-state index contributed by atoms with van der Waals surface area (Å²) in [6.07, 6.45) is 0.992. The number of alkyl halides is 1. The largest absolute Gasteiger partial charge is 0.215 e. The molecule has 0 aliphatic carbocycles. The predicted molar refractivity (Wildman–Crippen MR) is 55.0 cm³/mol. The van der Waals surface area contributed by atoms with Crippen LogP contribution >= 0.6 is 15.9 Å². The fraction of sp³-hybridized carbons (Fsp3) is 1.00. The number of rotatable bonds is 6. The minimum absolute atomic E-state index is 0.161. The second-order valence-corrected chi connectivity index (χ2v) is 5.72. The molecule has 0 aromatic rings. The van der Waals surface area contributed by atoms with Gasteiger partial charge in [0.05, 0.1) is 5.75 Å². The molecule has 0 amide bonds. The van der Waals surface area contributed by atoms with Gasteiger partial charge in [0.1, 0.15) is 0 Å². The SMILES string of the molecule is CCS(=O)(=O)NCC(C)CCBr. The number of hydrogen-bond donors (Lipinski definition) is 1. The first-order chi connectivity index (χ1) is 5.52. The Morgan fingerprint density at radius 2 is 2.08 bits per heavy atom. The van der Waals surface area contributed by atoms with Crippen LogP contribution in [0.2, 0.25) is 0 Å². The average Bonchev–Trinajstić information content (AvgIpc) is 2.02. The zero-order valence-electron chi connectivity index (χ0n) is 7.51. The third-order valence-electron chi connectivity index (χ3n) is 1.63. The molecule has 0 aromatic carbocycles. The summed E-state index contributed by atoms with van der Waals surface area (Å²) in [5.41, 5.74) is 0. The summed E-state index contributed by atoms with van der Waals surface area (Å²) in [5.74, 6) is 0.555. The molecule has 0 rings (SSSR count). The third-order valence-corrected chi connectivity index (χ3v) is 3.46. The molecule has 0 radical (unpaired) electrons. The standard InChI is InChI=1S/C7H16BrNO2S/c1-3-12(10,11)9-6-7(2)4-5-8/h7,9H,3-6H2,1-2H3. The van der Waals surface area contributed by atoms with Crippen LogP contribution in [0.15, 0.2) is 0 Å². The van der Waals surface area contributed by atoms with Gasteiger partial charge in [-0.05, 0) is 19.3 Å². The topological polar surface area (TPSA) is 46.2 Å². The summed E-state index contributed by atoms with van der Waals surface area (Å²) in [5, 5.41) is 0.919. The molecule has 3 nitrogen and oxygen atoms in total. The Morgan fingerprint density at radius 3 is 2.50 bits per heavy atom. The molecule has 0 spiro atoms. The maximum Gasteiger partial charge on any atom is 0.211 e. The summed E-state index contributed by atoms with van der Waals surface area (Å²) < 4.78 is 24.5. The first-order valence-corrected chi connectivity index (χ1v) is 6.82. The molecule has 0 aliphatic heterocycles.